The number of primary amides is 1. The maximum absolute atomic E-state index is 13.2. The van der Waals surface area contributed by atoms with Crippen LogP contribution in [-0.2, 0) is 49.0 Å². The molecule has 0 atom stereocenters. The zero-order chi connectivity index (χ0) is 39.2. The molecule has 0 fully saturated rings. The van der Waals surface area contributed by atoms with Crippen LogP contribution in [0.3, 0.4) is 0 Å². The van der Waals surface area contributed by atoms with E-state index in [-0.39, 0.29) is 53.3 Å². The monoisotopic (exact) mass is 753 g/mol. The molecule has 0 saturated carbocycles. The molecule has 19 heteroatoms. The van der Waals surface area contributed by atoms with Crippen LogP contribution in [0.2, 0.25) is 0 Å². The van der Waals surface area contributed by atoms with Crippen LogP contribution in [0.25, 0.3) is 11.3 Å². The van der Waals surface area contributed by atoms with Crippen molar-refractivity contribution in [3.05, 3.63) is 118 Å². The number of halogens is 12. The van der Waals surface area contributed by atoms with E-state index in [0.717, 1.165) is 11.1 Å². The van der Waals surface area contributed by atoms with Crippen molar-refractivity contribution in [1.29, 1.82) is 0 Å². The molecule has 52 heavy (non-hydrogen) atoms. The van der Waals surface area contributed by atoms with Crippen LogP contribution in [0, 0.1) is 0 Å². The van der Waals surface area contributed by atoms with Gasteiger partial charge in [-0.1, -0.05) is 30.3 Å². The van der Waals surface area contributed by atoms with Crippen LogP contribution in [0.5, 0.6) is 0 Å². The topological polar surface area (TPSA) is 101 Å². The van der Waals surface area contributed by atoms with Gasteiger partial charge < -0.3 is 16.0 Å². The highest BCUT2D eigenvalue weighted by Crippen LogP contribution is 2.38. The Morgan fingerprint density at radius 1 is 0.712 bits per heavy atom. The maximum atomic E-state index is 13.2. The van der Waals surface area contributed by atoms with E-state index < -0.39 is 65.3 Å². The van der Waals surface area contributed by atoms with E-state index in [1.165, 1.54) is 14.1 Å². The number of alkyl halides is 12. The number of carbonyl (C=O) groups is 2. The van der Waals surface area contributed by atoms with Crippen LogP contribution in [0.15, 0.2) is 72.9 Å². The second-order valence-corrected chi connectivity index (χ2v) is 11.1. The zero-order valence-corrected chi connectivity index (χ0v) is 26.8. The van der Waals surface area contributed by atoms with Crippen molar-refractivity contribution >= 4 is 11.8 Å². The van der Waals surface area contributed by atoms with Gasteiger partial charge in [0, 0.05) is 31.9 Å². The van der Waals surface area contributed by atoms with Gasteiger partial charge in [0.25, 0.3) is 5.91 Å². The van der Waals surface area contributed by atoms with Crippen LogP contribution in [-0.4, -0.2) is 40.8 Å². The summed E-state index contributed by atoms with van der Waals surface area (Å²) in [6.45, 7) is -0.615. The fraction of sp³-hybridized carbons (Fsp3) is 0.273. The molecule has 3 N–H and O–H groups in total. The molecule has 0 aliphatic rings. The summed E-state index contributed by atoms with van der Waals surface area (Å²) in [5, 5.41) is 2.51. The molecule has 0 bridgehead atoms. The predicted molar refractivity (Wildman–Crippen MR) is 162 cm³/mol. The second kappa shape index (κ2) is 16.0. The van der Waals surface area contributed by atoms with E-state index >= 15 is 0 Å². The number of nitrogens with two attached hydrogens (primary N) is 1. The molecule has 0 aliphatic carbocycles. The van der Waals surface area contributed by atoms with Gasteiger partial charge in [-0.3, -0.25) is 9.59 Å². The molecule has 4 aromatic rings. The average Bonchev–Trinajstić information content (AvgIpc) is 3.03. The van der Waals surface area contributed by atoms with Gasteiger partial charge in [0.15, 0.2) is 0 Å². The molecule has 280 valence electrons. The highest BCUT2D eigenvalue weighted by molar-refractivity contribution is 5.99. The quantitative estimate of drug-likeness (QED) is 0.178. The summed E-state index contributed by atoms with van der Waals surface area (Å²) < 4.78 is 153. The number of nitrogens with zero attached hydrogens (tertiary/aromatic N) is 3. The van der Waals surface area contributed by atoms with E-state index in [9.17, 15) is 62.3 Å². The van der Waals surface area contributed by atoms with Crippen LogP contribution >= 0.6 is 0 Å². The summed E-state index contributed by atoms with van der Waals surface area (Å²) in [5.74, 6) is -1.41. The van der Waals surface area contributed by atoms with Crippen molar-refractivity contribution in [2.75, 3.05) is 14.1 Å². The molecule has 1 heterocycles. The van der Waals surface area contributed by atoms with Crippen LogP contribution in [0.4, 0.5) is 52.7 Å². The number of hydrogen-bond donors (Lipinski definition) is 2. The SMILES string of the molecule is CN(Cc1cc(C(F)(F)F)cc(C(F)(F)F)c1)C(=O)c1cnc(CC(N)=O)nc1-c1ccccc1.CNCc1cc(C(F)(F)F)cc(C(F)(F)F)c1. The Hall–Kier alpha value is -5.20. The third-order valence-corrected chi connectivity index (χ3v) is 6.89. The Labute approximate surface area is 287 Å². The van der Waals surface area contributed by atoms with Gasteiger partial charge in [0.05, 0.1) is 39.9 Å². The van der Waals surface area contributed by atoms with Crippen LogP contribution in [0.1, 0.15) is 49.6 Å². The van der Waals surface area contributed by atoms with Gasteiger partial charge in [-0.25, -0.2) is 9.97 Å². The molecule has 0 saturated heterocycles. The Kier molecular flexibility index (Phi) is 12.7. The first-order chi connectivity index (χ1) is 23.9. The van der Waals surface area contributed by atoms with E-state index in [2.05, 4.69) is 15.3 Å². The third kappa shape index (κ3) is 11.4. The summed E-state index contributed by atoms with van der Waals surface area (Å²) in [4.78, 5) is 33.5. The normalized spacial score (nSPS) is 12.2. The molecular formula is C33H27F12N5O2. The largest absolute Gasteiger partial charge is 0.416 e. The Balaban J connectivity index is 0.000000359. The van der Waals surface area contributed by atoms with Crippen molar-refractivity contribution in [2.24, 2.45) is 5.73 Å². The summed E-state index contributed by atoms with van der Waals surface area (Å²) in [7, 11) is 2.66. The lowest BCUT2D eigenvalue weighted by Gasteiger charge is -2.21. The minimum atomic E-state index is -5.01. The van der Waals surface area contributed by atoms with Gasteiger partial charge in [-0.15, -0.1) is 0 Å². The highest BCUT2D eigenvalue weighted by Gasteiger charge is 2.38. The molecule has 1 aromatic heterocycles. The van der Waals surface area contributed by atoms with Crippen molar-refractivity contribution in [2.45, 2.75) is 44.2 Å². The molecule has 0 spiro atoms. The summed E-state index contributed by atoms with van der Waals surface area (Å²) in [6.07, 6.45) is -18.8. The first-order valence-electron chi connectivity index (χ1n) is 14.6. The molecular weight excluding hydrogens is 726 g/mol. The summed E-state index contributed by atoms with van der Waals surface area (Å²) in [5.41, 5.74) is -0.241. The summed E-state index contributed by atoms with van der Waals surface area (Å²) >= 11 is 0. The van der Waals surface area contributed by atoms with E-state index in [1.54, 1.807) is 30.3 Å². The highest BCUT2D eigenvalue weighted by atomic mass is 19.4. The number of amides is 2. The lowest BCUT2D eigenvalue weighted by atomic mass is 10.0. The lowest BCUT2D eigenvalue weighted by Crippen LogP contribution is -2.28. The van der Waals surface area contributed by atoms with Crippen molar-refractivity contribution in [3.8, 4) is 11.3 Å². The number of benzene rings is 3. The Morgan fingerprint density at radius 2 is 1.15 bits per heavy atom. The van der Waals surface area contributed by atoms with Crippen molar-refractivity contribution in [1.82, 2.24) is 20.2 Å². The minimum Gasteiger partial charge on any atom is -0.369 e. The predicted octanol–water partition coefficient (Wildman–Crippen LogP) is 7.92. The molecule has 2 amide bonds. The Morgan fingerprint density at radius 3 is 1.56 bits per heavy atom. The van der Waals surface area contributed by atoms with Crippen LogP contribution < -0.4 is 11.1 Å². The smallest absolute Gasteiger partial charge is 0.369 e. The molecule has 0 unspecified atom stereocenters. The first kappa shape index (κ1) is 41.2. The maximum Gasteiger partial charge on any atom is 0.416 e. The summed E-state index contributed by atoms with van der Waals surface area (Å²) in [6, 6.07) is 11.0. The third-order valence-electron chi connectivity index (χ3n) is 6.89. The zero-order valence-electron chi connectivity index (χ0n) is 26.8. The minimum absolute atomic E-state index is 0.0180. The molecule has 0 radical (unpaired) electrons. The van der Waals surface area contributed by atoms with Gasteiger partial charge in [-0.2, -0.15) is 52.7 Å². The number of aromatic nitrogens is 2. The van der Waals surface area contributed by atoms with Gasteiger partial charge >= 0.3 is 24.7 Å². The number of rotatable bonds is 8. The Bertz CT molecular complexity index is 1810. The first-order valence-corrected chi connectivity index (χ1v) is 14.6. The van der Waals surface area contributed by atoms with E-state index in [1.807, 2.05) is 0 Å². The molecule has 4 rings (SSSR count). The van der Waals surface area contributed by atoms with E-state index in [4.69, 9.17) is 5.73 Å². The molecule has 3 aromatic carbocycles. The lowest BCUT2D eigenvalue weighted by molar-refractivity contribution is -0.144. The van der Waals surface area contributed by atoms with Gasteiger partial charge in [0.1, 0.15) is 5.82 Å². The van der Waals surface area contributed by atoms with Crippen molar-refractivity contribution in [3.63, 3.8) is 0 Å². The number of carbonyl (C=O) groups excluding carboxylic acids is 2. The van der Waals surface area contributed by atoms with Gasteiger partial charge in [-0.05, 0) is 54.6 Å². The van der Waals surface area contributed by atoms with E-state index in [0.29, 0.717) is 29.8 Å². The number of nitrogens with one attached hydrogen (secondary N) is 1. The second-order valence-electron chi connectivity index (χ2n) is 11.1. The average molecular weight is 754 g/mol. The number of hydrogen-bond acceptors (Lipinski definition) is 5. The van der Waals surface area contributed by atoms with Gasteiger partial charge in [0.2, 0.25) is 5.91 Å². The standard InChI is InChI=1S/C23H18F6N4O2.C10H9F6N/c1-33(12-13-7-15(22(24,25)26)9-16(8-13)23(27,28)29)21(35)17-11-31-19(10-18(30)34)32-20(17)14-5-3-2-4-6-14;1-17-5-6-2-7(9(11,12)13)4-8(3-6)10(14,15)16/h2-9,11H,10,12H2,1H3,(H2,30,34);2-4,17H,5H2,1H3. The fourth-order valence-electron chi connectivity index (χ4n) is 4.62. The fourth-order valence-corrected chi connectivity index (χ4v) is 4.62. The van der Waals surface area contributed by atoms with Crippen molar-refractivity contribution < 1.29 is 62.3 Å². The molecule has 0 aliphatic heterocycles. The molecule has 7 nitrogen and oxygen atoms in total.